The average Bonchev–Trinajstić information content (AvgIpc) is 2.87. The van der Waals surface area contributed by atoms with Crippen molar-refractivity contribution in [2.75, 3.05) is 21.3 Å². The van der Waals surface area contributed by atoms with E-state index >= 15 is 0 Å². The van der Waals surface area contributed by atoms with Gasteiger partial charge in [0.25, 0.3) is 0 Å². The van der Waals surface area contributed by atoms with Crippen LogP contribution in [-0.4, -0.2) is 37.4 Å². The number of carboxylic acids is 1. The standard InChI is InChI=1S/C14H15NO5S/c1-7-15-10(14(16)17)13(21-7)8-5-6-9(18-2)12(20-4)11(8)19-3/h5-6H,1-4H3,(H,16,17). The van der Waals surface area contributed by atoms with Crippen molar-refractivity contribution in [1.29, 1.82) is 0 Å². The molecule has 2 aromatic rings. The van der Waals surface area contributed by atoms with Crippen molar-refractivity contribution in [2.24, 2.45) is 0 Å². The summed E-state index contributed by atoms with van der Waals surface area (Å²) in [7, 11) is 4.52. The molecule has 21 heavy (non-hydrogen) atoms. The van der Waals surface area contributed by atoms with E-state index in [0.29, 0.717) is 32.7 Å². The number of thiazole rings is 1. The van der Waals surface area contributed by atoms with Crippen molar-refractivity contribution in [3.63, 3.8) is 0 Å². The zero-order valence-corrected chi connectivity index (χ0v) is 12.9. The number of nitrogens with zero attached hydrogens (tertiary/aromatic N) is 1. The van der Waals surface area contributed by atoms with E-state index in [1.165, 1.54) is 32.7 Å². The molecule has 0 unspecified atom stereocenters. The van der Waals surface area contributed by atoms with Gasteiger partial charge in [0.1, 0.15) is 0 Å². The van der Waals surface area contributed by atoms with E-state index in [0.717, 1.165) is 0 Å². The predicted molar refractivity (Wildman–Crippen MR) is 78.9 cm³/mol. The zero-order valence-electron chi connectivity index (χ0n) is 12.1. The Balaban J connectivity index is 2.72. The van der Waals surface area contributed by atoms with Crippen LogP contribution in [0, 0.1) is 6.92 Å². The largest absolute Gasteiger partial charge is 0.493 e. The maximum absolute atomic E-state index is 11.3. The van der Waals surface area contributed by atoms with Crippen LogP contribution < -0.4 is 14.2 Å². The highest BCUT2D eigenvalue weighted by molar-refractivity contribution is 7.15. The molecule has 0 aliphatic rings. The predicted octanol–water partition coefficient (Wildman–Crippen LogP) is 2.84. The third-order valence-corrected chi connectivity index (χ3v) is 3.89. The smallest absolute Gasteiger partial charge is 0.356 e. The van der Waals surface area contributed by atoms with Crippen LogP contribution in [0.15, 0.2) is 12.1 Å². The number of methoxy groups -OCH3 is 3. The van der Waals surface area contributed by atoms with E-state index in [4.69, 9.17) is 14.2 Å². The van der Waals surface area contributed by atoms with Gasteiger partial charge in [0.15, 0.2) is 17.2 Å². The maximum Gasteiger partial charge on any atom is 0.356 e. The lowest BCUT2D eigenvalue weighted by Crippen LogP contribution is -2.01. The fourth-order valence-corrected chi connectivity index (χ4v) is 2.97. The van der Waals surface area contributed by atoms with Crippen molar-refractivity contribution in [3.8, 4) is 27.7 Å². The molecular formula is C14H15NO5S. The summed E-state index contributed by atoms with van der Waals surface area (Å²) in [4.78, 5) is 15.9. The van der Waals surface area contributed by atoms with Crippen LogP contribution in [0.25, 0.3) is 10.4 Å². The molecule has 0 bridgehead atoms. The second-order valence-corrected chi connectivity index (χ2v) is 5.30. The van der Waals surface area contributed by atoms with Crippen LogP contribution in [0.4, 0.5) is 0 Å². The van der Waals surface area contributed by atoms with Crippen molar-refractivity contribution < 1.29 is 24.1 Å². The number of aromatic nitrogens is 1. The van der Waals surface area contributed by atoms with E-state index in [2.05, 4.69) is 4.98 Å². The molecule has 0 fully saturated rings. The molecular weight excluding hydrogens is 294 g/mol. The Morgan fingerprint density at radius 3 is 2.33 bits per heavy atom. The highest BCUT2D eigenvalue weighted by Crippen LogP contribution is 2.46. The molecule has 0 amide bonds. The van der Waals surface area contributed by atoms with Gasteiger partial charge in [-0.25, -0.2) is 9.78 Å². The molecule has 0 aliphatic heterocycles. The first-order valence-electron chi connectivity index (χ1n) is 6.03. The number of aromatic carboxylic acids is 1. The van der Waals surface area contributed by atoms with Crippen LogP contribution in [0.2, 0.25) is 0 Å². The number of carboxylic acid groups (broad SMARTS) is 1. The number of benzene rings is 1. The number of hydrogen-bond donors (Lipinski definition) is 1. The Labute approximate surface area is 125 Å². The Morgan fingerprint density at radius 1 is 1.14 bits per heavy atom. The Morgan fingerprint density at radius 2 is 1.81 bits per heavy atom. The molecule has 0 saturated heterocycles. The summed E-state index contributed by atoms with van der Waals surface area (Å²) in [6.07, 6.45) is 0. The summed E-state index contributed by atoms with van der Waals surface area (Å²) in [5.41, 5.74) is 0.612. The summed E-state index contributed by atoms with van der Waals surface area (Å²) in [5.74, 6) is 0.269. The first-order chi connectivity index (χ1) is 10.0. The van der Waals surface area contributed by atoms with Gasteiger partial charge < -0.3 is 19.3 Å². The lowest BCUT2D eigenvalue weighted by atomic mass is 10.1. The van der Waals surface area contributed by atoms with Crippen molar-refractivity contribution in [1.82, 2.24) is 4.98 Å². The van der Waals surface area contributed by atoms with Crippen molar-refractivity contribution in [3.05, 3.63) is 22.8 Å². The summed E-state index contributed by atoms with van der Waals surface area (Å²) in [6.45, 7) is 1.76. The number of carbonyl (C=O) groups is 1. The second-order valence-electron chi connectivity index (χ2n) is 4.10. The van der Waals surface area contributed by atoms with Gasteiger partial charge in [-0.05, 0) is 19.1 Å². The van der Waals surface area contributed by atoms with Gasteiger partial charge >= 0.3 is 5.97 Å². The van der Waals surface area contributed by atoms with E-state index in [-0.39, 0.29) is 5.69 Å². The highest BCUT2D eigenvalue weighted by atomic mass is 32.1. The molecule has 1 aromatic heterocycles. The number of rotatable bonds is 5. The molecule has 1 aromatic carbocycles. The Bertz CT molecular complexity index is 680. The van der Waals surface area contributed by atoms with Gasteiger partial charge in [0.2, 0.25) is 5.75 Å². The van der Waals surface area contributed by atoms with Gasteiger partial charge in [0.05, 0.1) is 31.2 Å². The molecule has 0 saturated carbocycles. The fraction of sp³-hybridized carbons (Fsp3) is 0.286. The zero-order chi connectivity index (χ0) is 15.6. The average molecular weight is 309 g/mol. The monoisotopic (exact) mass is 309 g/mol. The minimum Gasteiger partial charge on any atom is -0.493 e. The minimum atomic E-state index is -1.08. The van der Waals surface area contributed by atoms with E-state index in [1.807, 2.05) is 0 Å². The van der Waals surface area contributed by atoms with Gasteiger partial charge in [-0.15, -0.1) is 11.3 Å². The molecule has 0 aliphatic carbocycles. The van der Waals surface area contributed by atoms with Gasteiger partial charge in [-0.3, -0.25) is 0 Å². The van der Waals surface area contributed by atoms with Gasteiger partial charge in [-0.2, -0.15) is 0 Å². The molecule has 6 nitrogen and oxygen atoms in total. The van der Waals surface area contributed by atoms with Crippen LogP contribution in [0.1, 0.15) is 15.5 Å². The minimum absolute atomic E-state index is 0.00280. The molecule has 1 heterocycles. The van der Waals surface area contributed by atoms with Gasteiger partial charge in [-0.1, -0.05) is 0 Å². The summed E-state index contributed by atoms with van der Waals surface area (Å²) < 4.78 is 15.9. The second kappa shape index (κ2) is 6.01. The maximum atomic E-state index is 11.3. The highest BCUT2D eigenvalue weighted by Gasteiger charge is 2.24. The molecule has 0 spiro atoms. The number of ether oxygens (including phenoxy) is 3. The molecule has 0 atom stereocenters. The lowest BCUT2D eigenvalue weighted by Gasteiger charge is -2.15. The molecule has 1 N–H and O–H groups in total. The summed E-state index contributed by atoms with van der Waals surface area (Å²) in [5, 5.41) is 9.94. The van der Waals surface area contributed by atoms with Gasteiger partial charge in [0, 0.05) is 5.56 Å². The summed E-state index contributed by atoms with van der Waals surface area (Å²) in [6, 6.07) is 3.44. The lowest BCUT2D eigenvalue weighted by molar-refractivity contribution is 0.0692. The number of aryl methyl sites for hydroxylation is 1. The first-order valence-corrected chi connectivity index (χ1v) is 6.85. The third kappa shape index (κ3) is 2.64. The topological polar surface area (TPSA) is 77.9 Å². The summed E-state index contributed by atoms with van der Waals surface area (Å²) >= 11 is 1.29. The fourth-order valence-electron chi connectivity index (χ4n) is 2.03. The van der Waals surface area contributed by atoms with E-state index in [9.17, 15) is 9.90 Å². The van der Waals surface area contributed by atoms with Crippen molar-refractivity contribution >= 4 is 17.3 Å². The first kappa shape index (κ1) is 15.1. The molecule has 2 rings (SSSR count). The number of hydrogen-bond acceptors (Lipinski definition) is 6. The van der Waals surface area contributed by atoms with E-state index < -0.39 is 5.97 Å². The normalized spacial score (nSPS) is 10.3. The van der Waals surface area contributed by atoms with E-state index in [1.54, 1.807) is 19.1 Å². The third-order valence-electron chi connectivity index (χ3n) is 2.89. The van der Waals surface area contributed by atoms with Crippen LogP contribution in [-0.2, 0) is 0 Å². The SMILES string of the molecule is COc1ccc(-c2sc(C)nc2C(=O)O)c(OC)c1OC. The van der Waals surface area contributed by atoms with Crippen LogP contribution in [0.5, 0.6) is 17.2 Å². The molecule has 0 radical (unpaired) electrons. The molecule has 112 valence electrons. The Hall–Kier alpha value is -2.28. The van der Waals surface area contributed by atoms with Crippen molar-refractivity contribution in [2.45, 2.75) is 6.92 Å². The molecule has 7 heteroatoms. The quantitative estimate of drug-likeness (QED) is 0.915. The van der Waals surface area contributed by atoms with Crippen LogP contribution in [0.3, 0.4) is 0 Å². The van der Waals surface area contributed by atoms with Crippen LogP contribution >= 0.6 is 11.3 Å². The Kier molecular flexibility index (Phi) is 4.32.